The summed E-state index contributed by atoms with van der Waals surface area (Å²) < 4.78 is 47.2. The first-order chi connectivity index (χ1) is 22.1. The number of fused-ring (bicyclic) bond motifs is 1. The molecule has 3 amide bonds. The number of benzene rings is 1. The van der Waals surface area contributed by atoms with Crippen molar-refractivity contribution in [2.75, 3.05) is 57.9 Å². The van der Waals surface area contributed by atoms with Crippen LogP contribution in [0, 0.1) is 0 Å². The van der Waals surface area contributed by atoms with E-state index in [4.69, 9.17) is 4.74 Å². The molecule has 0 atom stereocenters. The van der Waals surface area contributed by atoms with E-state index in [0.29, 0.717) is 49.5 Å². The average Bonchev–Trinajstić information content (AvgIpc) is 3.54. The van der Waals surface area contributed by atoms with Crippen LogP contribution >= 0.6 is 11.3 Å². The highest BCUT2D eigenvalue weighted by Crippen LogP contribution is 2.39. The number of carbonyl (C=O) groups is 2. The molecule has 4 heterocycles. The second-order valence-electron chi connectivity index (χ2n) is 10.4. The molecule has 16 heteroatoms. The van der Waals surface area contributed by atoms with Crippen LogP contribution in [0.2, 0.25) is 0 Å². The van der Waals surface area contributed by atoms with Gasteiger partial charge in [-0.25, -0.2) is 14.8 Å². The van der Waals surface area contributed by atoms with Crippen LogP contribution in [0.3, 0.4) is 0 Å². The van der Waals surface area contributed by atoms with Gasteiger partial charge in [0.1, 0.15) is 16.4 Å². The SMILES string of the molecule is CCNC(=O)Nc1cc(-c2nc(C(F)(F)F)cs2)c(-c2ccc3c(=O)c(C(=O)NCCN4CCOCC4)cn(CCO)c3c2)cn1. The molecule has 0 saturated carbocycles. The van der Waals surface area contributed by atoms with Gasteiger partial charge in [0.25, 0.3) is 5.91 Å². The van der Waals surface area contributed by atoms with Crippen LogP contribution in [-0.4, -0.2) is 89.0 Å². The Morgan fingerprint density at radius 2 is 1.89 bits per heavy atom. The zero-order chi connectivity index (χ0) is 32.8. The summed E-state index contributed by atoms with van der Waals surface area (Å²) in [6.45, 7) is 5.57. The predicted molar refractivity (Wildman–Crippen MR) is 167 cm³/mol. The molecule has 244 valence electrons. The highest BCUT2D eigenvalue weighted by atomic mass is 32.1. The van der Waals surface area contributed by atoms with Gasteiger partial charge in [0.2, 0.25) is 5.43 Å². The fourth-order valence-electron chi connectivity index (χ4n) is 5.04. The zero-order valence-corrected chi connectivity index (χ0v) is 25.6. The average molecular weight is 660 g/mol. The minimum atomic E-state index is -4.65. The van der Waals surface area contributed by atoms with Crippen LogP contribution in [0.5, 0.6) is 0 Å². The quantitative estimate of drug-likeness (QED) is 0.202. The lowest BCUT2D eigenvalue weighted by molar-refractivity contribution is -0.140. The molecule has 1 aromatic carbocycles. The second-order valence-corrected chi connectivity index (χ2v) is 11.2. The molecule has 0 unspecified atom stereocenters. The first-order valence-electron chi connectivity index (χ1n) is 14.5. The third-order valence-corrected chi connectivity index (χ3v) is 8.18. The van der Waals surface area contributed by atoms with Crippen LogP contribution in [0.1, 0.15) is 23.0 Å². The molecule has 4 N–H and O–H groups in total. The van der Waals surface area contributed by atoms with E-state index in [-0.39, 0.29) is 40.5 Å². The van der Waals surface area contributed by atoms with Gasteiger partial charge in [-0.1, -0.05) is 6.07 Å². The molecular weight excluding hydrogens is 627 g/mol. The standard InChI is InChI=1S/C30H32F3N7O5S/c1-2-34-29(44)38-25-14-20(28-37-24(17-46-28)30(31,32)33)21(15-36-25)18-3-4-19-23(13-18)40(7-10-41)16-22(26(19)42)27(43)35-5-6-39-8-11-45-12-9-39/h3-4,13-17,41H,2,5-12H2,1H3,(H,35,43)(H2,34,36,38,44). The summed E-state index contributed by atoms with van der Waals surface area (Å²) in [7, 11) is 0. The molecule has 0 radical (unpaired) electrons. The number of aromatic nitrogens is 3. The van der Waals surface area contributed by atoms with E-state index < -0.39 is 29.2 Å². The lowest BCUT2D eigenvalue weighted by Gasteiger charge is -2.26. The van der Waals surface area contributed by atoms with Crippen LogP contribution < -0.4 is 21.4 Å². The Morgan fingerprint density at radius 1 is 1.11 bits per heavy atom. The van der Waals surface area contributed by atoms with Crippen molar-refractivity contribution in [1.29, 1.82) is 0 Å². The Balaban J connectivity index is 1.52. The number of hydrogen-bond donors (Lipinski definition) is 4. The summed E-state index contributed by atoms with van der Waals surface area (Å²) in [5.74, 6) is -0.447. The number of ether oxygens (including phenoxy) is 1. The maximum absolute atomic E-state index is 13.5. The maximum Gasteiger partial charge on any atom is 0.434 e. The number of carbonyl (C=O) groups excluding carboxylic acids is 2. The number of amides is 3. The molecule has 5 rings (SSSR count). The molecule has 1 fully saturated rings. The number of rotatable bonds is 10. The number of anilines is 1. The van der Waals surface area contributed by atoms with Crippen molar-refractivity contribution in [2.45, 2.75) is 19.6 Å². The molecule has 1 aliphatic rings. The van der Waals surface area contributed by atoms with Crippen molar-refractivity contribution < 1.29 is 32.6 Å². The third-order valence-electron chi connectivity index (χ3n) is 7.30. The molecule has 4 aromatic rings. The van der Waals surface area contributed by atoms with Gasteiger partial charge in [-0.3, -0.25) is 19.8 Å². The smallest absolute Gasteiger partial charge is 0.395 e. The topological polar surface area (TPSA) is 151 Å². The van der Waals surface area contributed by atoms with E-state index >= 15 is 0 Å². The molecule has 1 aliphatic heterocycles. The first kappa shape index (κ1) is 33.0. The number of hydrogen-bond acceptors (Lipinski definition) is 9. The van der Waals surface area contributed by atoms with Crippen molar-refractivity contribution >= 4 is 40.0 Å². The first-order valence-corrected chi connectivity index (χ1v) is 15.4. The Bertz CT molecular complexity index is 1790. The Hall–Kier alpha value is -4.38. The summed E-state index contributed by atoms with van der Waals surface area (Å²) in [6.07, 6.45) is -1.86. The van der Waals surface area contributed by atoms with Gasteiger partial charge >= 0.3 is 12.2 Å². The largest absolute Gasteiger partial charge is 0.434 e. The van der Waals surface area contributed by atoms with Crippen molar-refractivity contribution in [1.82, 2.24) is 30.1 Å². The van der Waals surface area contributed by atoms with E-state index in [2.05, 4.69) is 30.8 Å². The zero-order valence-electron chi connectivity index (χ0n) is 24.8. The van der Waals surface area contributed by atoms with Gasteiger partial charge in [-0.05, 0) is 30.7 Å². The van der Waals surface area contributed by atoms with Crippen molar-refractivity contribution in [2.24, 2.45) is 0 Å². The minimum absolute atomic E-state index is 0.0422. The van der Waals surface area contributed by atoms with E-state index in [1.807, 2.05) is 0 Å². The summed E-state index contributed by atoms with van der Waals surface area (Å²) in [5.41, 5.74) is -0.104. The number of halogens is 3. The van der Waals surface area contributed by atoms with Gasteiger partial charge in [-0.15, -0.1) is 11.3 Å². The van der Waals surface area contributed by atoms with Crippen molar-refractivity contribution in [3.63, 3.8) is 0 Å². The fraction of sp³-hybridized carbons (Fsp3) is 0.367. The van der Waals surface area contributed by atoms with E-state index in [1.165, 1.54) is 24.5 Å². The summed E-state index contributed by atoms with van der Waals surface area (Å²) in [6, 6.07) is 5.66. The molecule has 0 aliphatic carbocycles. The normalized spacial score (nSPS) is 13.9. The van der Waals surface area contributed by atoms with Crippen LogP contribution in [0.15, 0.2) is 46.8 Å². The minimum Gasteiger partial charge on any atom is -0.395 e. The number of morpholine rings is 1. The summed E-state index contributed by atoms with van der Waals surface area (Å²) >= 11 is 0.785. The number of alkyl halides is 3. The lowest BCUT2D eigenvalue weighted by atomic mass is 9.99. The number of nitrogens with one attached hydrogen (secondary N) is 3. The van der Waals surface area contributed by atoms with E-state index in [9.17, 15) is 32.7 Å². The summed E-state index contributed by atoms with van der Waals surface area (Å²) in [4.78, 5) is 48.9. The van der Waals surface area contributed by atoms with Crippen molar-refractivity contribution in [3.8, 4) is 21.7 Å². The van der Waals surface area contributed by atoms with Gasteiger partial charge < -0.3 is 25.0 Å². The van der Waals surface area contributed by atoms with Gasteiger partial charge in [-0.2, -0.15) is 13.2 Å². The van der Waals surface area contributed by atoms with Crippen molar-refractivity contribution in [3.05, 3.63) is 63.5 Å². The molecule has 12 nitrogen and oxygen atoms in total. The molecule has 46 heavy (non-hydrogen) atoms. The molecule has 1 saturated heterocycles. The molecular formula is C30H32F3N7O5S. The lowest BCUT2D eigenvalue weighted by Crippen LogP contribution is -2.42. The monoisotopic (exact) mass is 659 g/mol. The Kier molecular flexibility index (Phi) is 10.3. The maximum atomic E-state index is 13.5. The van der Waals surface area contributed by atoms with Gasteiger partial charge in [0.15, 0.2) is 5.69 Å². The van der Waals surface area contributed by atoms with E-state index in [0.717, 1.165) is 29.8 Å². The fourth-order valence-corrected chi connectivity index (χ4v) is 5.90. The number of pyridine rings is 2. The number of nitrogens with zero attached hydrogens (tertiary/aromatic N) is 4. The van der Waals surface area contributed by atoms with Gasteiger partial charge in [0, 0.05) is 73.6 Å². The number of aliphatic hydroxyl groups is 1. The Labute approximate surface area is 265 Å². The number of thiazole rings is 1. The number of aliphatic hydroxyl groups excluding tert-OH is 1. The third kappa shape index (κ3) is 7.52. The summed E-state index contributed by atoms with van der Waals surface area (Å²) in [5, 5.41) is 18.9. The highest BCUT2D eigenvalue weighted by Gasteiger charge is 2.34. The highest BCUT2D eigenvalue weighted by molar-refractivity contribution is 7.13. The van der Waals surface area contributed by atoms with Crippen LogP contribution in [0.4, 0.5) is 23.8 Å². The predicted octanol–water partition coefficient (Wildman–Crippen LogP) is 3.40. The van der Waals surface area contributed by atoms with E-state index in [1.54, 1.807) is 23.6 Å². The Morgan fingerprint density at radius 3 is 2.59 bits per heavy atom. The van der Waals surface area contributed by atoms with Crippen LogP contribution in [0.25, 0.3) is 32.6 Å². The van der Waals surface area contributed by atoms with Gasteiger partial charge in [0.05, 0.1) is 25.3 Å². The van der Waals surface area contributed by atoms with Crippen LogP contribution in [-0.2, 0) is 17.5 Å². The molecule has 0 spiro atoms. The molecule has 0 bridgehead atoms. The second kappa shape index (κ2) is 14.4. The molecule has 3 aromatic heterocycles. The number of urea groups is 1.